The van der Waals surface area contributed by atoms with Gasteiger partial charge in [-0.25, -0.2) is 9.69 Å². The summed E-state index contributed by atoms with van der Waals surface area (Å²) >= 11 is 0. The molecule has 1 aliphatic heterocycles. The number of amides is 2. The number of nitrogens with zero attached hydrogens (tertiary/aromatic N) is 1. The SMILES string of the molecule is C=C1CC[C@H](C)[C@@H](C(=O)N2CCOC2=O)C1. The Balaban J connectivity index is 2.07. The summed E-state index contributed by atoms with van der Waals surface area (Å²) in [5.74, 6) is 0.147. The van der Waals surface area contributed by atoms with Crippen molar-refractivity contribution in [2.24, 2.45) is 11.8 Å². The highest BCUT2D eigenvalue weighted by Crippen LogP contribution is 2.34. The van der Waals surface area contributed by atoms with Crippen molar-refractivity contribution < 1.29 is 14.3 Å². The second-order valence-corrected chi connectivity index (χ2v) is 4.68. The number of cyclic esters (lactones) is 1. The van der Waals surface area contributed by atoms with E-state index in [4.69, 9.17) is 4.74 Å². The second-order valence-electron chi connectivity index (χ2n) is 4.68. The van der Waals surface area contributed by atoms with E-state index in [1.807, 2.05) is 0 Å². The van der Waals surface area contributed by atoms with Gasteiger partial charge in [-0.3, -0.25) is 4.79 Å². The number of hydrogen-bond acceptors (Lipinski definition) is 3. The van der Waals surface area contributed by atoms with Crippen LogP contribution in [0.1, 0.15) is 26.2 Å². The summed E-state index contributed by atoms with van der Waals surface area (Å²) in [4.78, 5) is 24.7. The van der Waals surface area contributed by atoms with Crippen LogP contribution < -0.4 is 0 Å². The van der Waals surface area contributed by atoms with Crippen molar-refractivity contribution in [3.05, 3.63) is 12.2 Å². The summed E-state index contributed by atoms with van der Waals surface area (Å²) in [7, 11) is 0. The molecular weight excluding hydrogens is 206 g/mol. The van der Waals surface area contributed by atoms with Crippen LogP contribution in [0.2, 0.25) is 0 Å². The van der Waals surface area contributed by atoms with Gasteiger partial charge in [-0.15, -0.1) is 0 Å². The van der Waals surface area contributed by atoms with Gasteiger partial charge in [0, 0.05) is 5.92 Å². The summed E-state index contributed by atoms with van der Waals surface area (Å²) in [6.07, 6.45) is 2.20. The summed E-state index contributed by atoms with van der Waals surface area (Å²) in [5, 5.41) is 0. The van der Waals surface area contributed by atoms with Gasteiger partial charge >= 0.3 is 6.09 Å². The van der Waals surface area contributed by atoms with Gasteiger partial charge in [0.25, 0.3) is 0 Å². The molecule has 1 saturated carbocycles. The van der Waals surface area contributed by atoms with Crippen LogP contribution in [0.5, 0.6) is 0 Å². The molecule has 2 aliphatic rings. The average Bonchev–Trinajstić information content (AvgIpc) is 2.67. The van der Waals surface area contributed by atoms with E-state index in [2.05, 4.69) is 13.5 Å². The minimum absolute atomic E-state index is 0.0872. The van der Waals surface area contributed by atoms with Crippen LogP contribution in [0.3, 0.4) is 0 Å². The molecule has 1 aliphatic carbocycles. The molecule has 2 rings (SSSR count). The molecule has 16 heavy (non-hydrogen) atoms. The van der Waals surface area contributed by atoms with E-state index in [1.165, 1.54) is 4.90 Å². The van der Waals surface area contributed by atoms with Crippen LogP contribution >= 0.6 is 0 Å². The smallest absolute Gasteiger partial charge is 0.416 e. The van der Waals surface area contributed by atoms with Crippen molar-refractivity contribution in [2.45, 2.75) is 26.2 Å². The molecule has 2 fully saturated rings. The zero-order valence-corrected chi connectivity index (χ0v) is 9.57. The quantitative estimate of drug-likeness (QED) is 0.638. The minimum atomic E-state index is -0.492. The fraction of sp³-hybridized carbons (Fsp3) is 0.667. The van der Waals surface area contributed by atoms with Crippen LogP contribution in [0.4, 0.5) is 4.79 Å². The van der Waals surface area contributed by atoms with Crippen LogP contribution in [0, 0.1) is 11.8 Å². The van der Waals surface area contributed by atoms with Gasteiger partial charge < -0.3 is 4.74 Å². The molecular formula is C12H17NO3. The molecule has 4 heteroatoms. The van der Waals surface area contributed by atoms with Gasteiger partial charge in [-0.2, -0.15) is 0 Å². The Bertz CT molecular complexity index is 337. The van der Waals surface area contributed by atoms with Crippen molar-refractivity contribution in [3.8, 4) is 0 Å². The Labute approximate surface area is 95.2 Å². The first-order valence-electron chi connectivity index (χ1n) is 5.74. The molecule has 0 radical (unpaired) electrons. The number of hydrogen-bond donors (Lipinski definition) is 0. The molecule has 1 heterocycles. The Morgan fingerprint density at radius 1 is 1.56 bits per heavy atom. The van der Waals surface area contributed by atoms with E-state index in [0.29, 0.717) is 25.5 Å². The third-order valence-electron chi connectivity index (χ3n) is 3.49. The first kappa shape index (κ1) is 11.2. The Morgan fingerprint density at radius 2 is 2.31 bits per heavy atom. The average molecular weight is 223 g/mol. The predicted molar refractivity (Wildman–Crippen MR) is 58.7 cm³/mol. The fourth-order valence-electron chi connectivity index (χ4n) is 2.37. The molecule has 2 atom stereocenters. The van der Waals surface area contributed by atoms with Gasteiger partial charge in [-0.05, 0) is 25.2 Å². The lowest BCUT2D eigenvalue weighted by Gasteiger charge is -2.30. The van der Waals surface area contributed by atoms with Crippen molar-refractivity contribution in [2.75, 3.05) is 13.2 Å². The first-order valence-corrected chi connectivity index (χ1v) is 5.74. The largest absolute Gasteiger partial charge is 0.447 e. The number of ether oxygens (including phenoxy) is 1. The standard InChI is InChI=1S/C12H17NO3/c1-8-3-4-9(2)10(7-8)11(14)13-5-6-16-12(13)15/h9-10H,1,3-7H2,2H3/t9-,10-/m0/s1. The highest BCUT2D eigenvalue weighted by atomic mass is 16.6. The molecule has 2 amide bonds. The molecule has 0 aromatic heterocycles. The first-order chi connectivity index (χ1) is 7.59. The summed E-state index contributed by atoms with van der Waals surface area (Å²) in [6, 6.07) is 0. The number of carbonyl (C=O) groups is 2. The van der Waals surface area contributed by atoms with Crippen LogP contribution in [-0.2, 0) is 9.53 Å². The van der Waals surface area contributed by atoms with Crippen molar-refractivity contribution in [1.82, 2.24) is 4.90 Å². The summed E-state index contributed by atoms with van der Waals surface area (Å²) in [6.45, 7) is 6.73. The van der Waals surface area contributed by atoms with Crippen molar-refractivity contribution in [3.63, 3.8) is 0 Å². The van der Waals surface area contributed by atoms with E-state index in [1.54, 1.807) is 0 Å². The summed E-state index contributed by atoms with van der Waals surface area (Å²) in [5.41, 5.74) is 1.11. The minimum Gasteiger partial charge on any atom is -0.447 e. The molecule has 4 nitrogen and oxygen atoms in total. The number of rotatable bonds is 1. The molecule has 0 aromatic carbocycles. The Hall–Kier alpha value is -1.32. The highest BCUT2D eigenvalue weighted by molar-refractivity contribution is 5.94. The monoisotopic (exact) mass is 223 g/mol. The number of allylic oxidation sites excluding steroid dienone is 1. The van der Waals surface area contributed by atoms with E-state index in [-0.39, 0.29) is 11.8 Å². The molecule has 0 unspecified atom stereocenters. The molecule has 0 spiro atoms. The molecule has 0 N–H and O–H groups in total. The molecule has 0 aromatic rings. The second kappa shape index (κ2) is 4.28. The topological polar surface area (TPSA) is 46.6 Å². The predicted octanol–water partition coefficient (Wildman–Crippen LogP) is 1.96. The zero-order valence-electron chi connectivity index (χ0n) is 9.57. The normalized spacial score (nSPS) is 30.4. The third-order valence-corrected chi connectivity index (χ3v) is 3.49. The zero-order chi connectivity index (χ0) is 11.7. The Morgan fingerprint density at radius 3 is 2.94 bits per heavy atom. The number of carbonyl (C=O) groups excluding carboxylic acids is 2. The number of imide groups is 1. The van der Waals surface area contributed by atoms with Gasteiger partial charge in [0.15, 0.2) is 0 Å². The maximum atomic E-state index is 12.2. The Kier molecular flexibility index (Phi) is 2.99. The van der Waals surface area contributed by atoms with Crippen molar-refractivity contribution >= 4 is 12.0 Å². The summed E-state index contributed by atoms with van der Waals surface area (Å²) < 4.78 is 4.78. The van der Waals surface area contributed by atoms with E-state index < -0.39 is 6.09 Å². The molecule has 0 bridgehead atoms. The molecule has 1 saturated heterocycles. The lowest BCUT2D eigenvalue weighted by Crippen LogP contribution is -2.40. The van der Waals surface area contributed by atoms with Crippen molar-refractivity contribution in [1.29, 1.82) is 0 Å². The highest BCUT2D eigenvalue weighted by Gasteiger charge is 2.37. The van der Waals surface area contributed by atoms with Crippen LogP contribution in [0.15, 0.2) is 12.2 Å². The van der Waals surface area contributed by atoms with Gasteiger partial charge in [0.2, 0.25) is 5.91 Å². The lowest BCUT2D eigenvalue weighted by atomic mass is 9.77. The van der Waals surface area contributed by atoms with Gasteiger partial charge in [-0.1, -0.05) is 19.1 Å². The van der Waals surface area contributed by atoms with Gasteiger partial charge in [0.05, 0.1) is 6.54 Å². The van der Waals surface area contributed by atoms with Crippen LogP contribution in [0.25, 0.3) is 0 Å². The van der Waals surface area contributed by atoms with Gasteiger partial charge in [0.1, 0.15) is 6.61 Å². The van der Waals surface area contributed by atoms with E-state index in [9.17, 15) is 9.59 Å². The fourth-order valence-corrected chi connectivity index (χ4v) is 2.37. The maximum Gasteiger partial charge on any atom is 0.416 e. The third kappa shape index (κ3) is 1.96. The van der Waals surface area contributed by atoms with E-state index in [0.717, 1.165) is 18.4 Å². The van der Waals surface area contributed by atoms with E-state index >= 15 is 0 Å². The van der Waals surface area contributed by atoms with Crippen LogP contribution in [-0.4, -0.2) is 30.1 Å². The molecule has 88 valence electrons. The lowest BCUT2D eigenvalue weighted by molar-refractivity contribution is -0.134. The maximum absolute atomic E-state index is 12.2.